The molecule has 1 heterocycles. The minimum Gasteiger partial charge on any atom is -0.297 e. The van der Waals surface area contributed by atoms with Gasteiger partial charge in [-0.3, -0.25) is 19.3 Å². The number of amides is 2. The Morgan fingerprint density at radius 1 is 1.24 bits per heavy atom. The number of imide groups is 1. The highest BCUT2D eigenvalue weighted by Crippen LogP contribution is 2.26. The standard InChI is InChI=1S/C13H19NO3/c1-9-7-12(16)14(13(9)17)8-11(15)10-5-3-2-4-6-10/h9-10H,2-8H2,1H3. The van der Waals surface area contributed by atoms with Crippen LogP contribution >= 0.6 is 0 Å². The third-order valence-corrected chi connectivity index (χ3v) is 3.84. The highest BCUT2D eigenvalue weighted by molar-refractivity contribution is 6.06. The van der Waals surface area contributed by atoms with Crippen LogP contribution in [-0.2, 0) is 14.4 Å². The molecule has 1 aliphatic carbocycles. The van der Waals surface area contributed by atoms with Crippen molar-refractivity contribution in [1.29, 1.82) is 0 Å². The number of likely N-dealkylation sites (tertiary alicyclic amines) is 1. The summed E-state index contributed by atoms with van der Waals surface area (Å²) in [7, 11) is 0. The minimum atomic E-state index is -0.248. The third-order valence-electron chi connectivity index (χ3n) is 3.84. The molecule has 1 unspecified atom stereocenters. The zero-order chi connectivity index (χ0) is 12.4. The molecule has 2 amide bonds. The van der Waals surface area contributed by atoms with Crippen LogP contribution in [0.25, 0.3) is 0 Å². The van der Waals surface area contributed by atoms with Gasteiger partial charge in [0.1, 0.15) is 0 Å². The maximum Gasteiger partial charge on any atom is 0.232 e. The predicted molar refractivity (Wildman–Crippen MR) is 62.1 cm³/mol. The van der Waals surface area contributed by atoms with Gasteiger partial charge in [0.25, 0.3) is 0 Å². The van der Waals surface area contributed by atoms with Crippen molar-refractivity contribution >= 4 is 17.6 Å². The Morgan fingerprint density at radius 2 is 1.88 bits per heavy atom. The normalized spacial score (nSPS) is 26.6. The Hall–Kier alpha value is -1.19. The van der Waals surface area contributed by atoms with Crippen LogP contribution in [0.5, 0.6) is 0 Å². The molecule has 1 atom stereocenters. The lowest BCUT2D eigenvalue weighted by Gasteiger charge is -2.22. The minimum absolute atomic E-state index is 0.00662. The lowest BCUT2D eigenvalue weighted by Crippen LogP contribution is -2.38. The van der Waals surface area contributed by atoms with Crippen LogP contribution in [0.15, 0.2) is 0 Å². The molecular formula is C13H19NO3. The molecule has 1 saturated heterocycles. The second-order valence-corrected chi connectivity index (χ2v) is 5.22. The number of hydrogen-bond acceptors (Lipinski definition) is 3. The number of Topliss-reactive ketones (excluding diaryl/α,β-unsaturated/α-hetero) is 1. The van der Waals surface area contributed by atoms with Gasteiger partial charge in [-0.25, -0.2) is 0 Å². The van der Waals surface area contributed by atoms with Gasteiger partial charge >= 0.3 is 0 Å². The molecule has 0 N–H and O–H groups in total. The zero-order valence-corrected chi connectivity index (χ0v) is 10.3. The number of carbonyl (C=O) groups excluding carboxylic acids is 3. The van der Waals surface area contributed by atoms with Crippen molar-refractivity contribution in [3.05, 3.63) is 0 Å². The zero-order valence-electron chi connectivity index (χ0n) is 10.3. The lowest BCUT2D eigenvalue weighted by molar-refractivity contribution is -0.143. The van der Waals surface area contributed by atoms with E-state index in [1.165, 1.54) is 6.42 Å². The van der Waals surface area contributed by atoms with E-state index < -0.39 is 0 Å². The number of carbonyl (C=O) groups is 3. The third kappa shape index (κ3) is 2.56. The van der Waals surface area contributed by atoms with E-state index in [4.69, 9.17) is 0 Å². The molecule has 17 heavy (non-hydrogen) atoms. The molecule has 1 aliphatic heterocycles. The van der Waals surface area contributed by atoms with Crippen molar-refractivity contribution in [2.75, 3.05) is 6.54 Å². The summed E-state index contributed by atoms with van der Waals surface area (Å²) in [5.74, 6) is -0.478. The predicted octanol–water partition coefficient (Wildman–Crippen LogP) is 1.53. The van der Waals surface area contributed by atoms with Crippen LogP contribution in [0.3, 0.4) is 0 Å². The van der Waals surface area contributed by atoms with Gasteiger partial charge in [0.15, 0.2) is 5.78 Å². The summed E-state index contributed by atoms with van der Waals surface area (Å²) in [4.78, 5) is 36.4. The van der Waals surface area contributed by atoms with Crippen molar-refractivity contribution in [1.82, 2.24) is 4.90 Å². The molecule has 0 aromatic heterocycles. The summed E-state index contributed by atoms with van der Waals surface area (Å²) in [5.41, 5.74) is 0. The molecule has 0 radical (unpaired) electrons. The lowest BCUT2D eigenvalue weighted by atomic mass is 9.86. The van der Waals surface area contributed by atoms with E-state index in [2.05, 4.69) is 0 Å². The molecule has 2 aliphatic rings. The van der Waals surface area contributed by atoms with Gasteiger partial charge in [0, 0.05) is 18.3 Å². The second-order valence-electron chi connectivity index (χ2n) is 5.22. The first-order chi connectivity index (χ1) is 8.09. The van der Waals surface area contributed by atoms with E-state index in [-0.39, 0.29) is 42.4 Å². The molecular weight excluding hydrogens is 218 g/mol. The van der Waals surface area contributed by atoms with Crippen LogP contribution in [-0.4, -0.2) is 29.0 Å². The first-order valence-electron chi connectivity index (χ1n) is 6.46. The van der Waals surface area contributed by atoms with Crippen LogP contribution < -0.4 is 0 Å². The van der Waals surface area contributed by atoms with Crippen LogP contribution in [0.1, 0.15) is 45.4 Å². The van der Waals surface area contributed by atoms with Crippen LogP contribution in [0, 0.1) is 11.8 Å². The topological polar surface area (TPSA) is 54.5 Å². The molecule has 0 aromatic carbocycles. The Morgan fingerprint density at radius 3 is 2.41 bits per heavy atom. The number of nitrogens with zero attached hydrogens (tertiary/aromatic N) is 1. The average molecular weight is 237 g/mol. The smallest absolute Gasteiger partial charge is 0.232 e. The van der Waals surface area contributed by atoms with Gasteiger partial charge in [0.05, 0.1) is 6.54 Å². The van der Waals surface area contributed by atoms with Gasteiger partial charge in [-0.05, 0) is 12.8 Å². The summed E-state index contributed by atoms with van der Waals surface area (Å²) in [6, 6.07) is 0. The SMILES string of the molecule is CC1CC(=O)N(CC(=O)C2CCCCC2)C1=O. The van der Waals surface area contributed by atoms with Gasteiger partial charge in [-0.2, -0.15) is 0 Å². The molecule has 4 heteroatoms. The Labute approximate surface area is 101 Å². The summed E-state index contributed by atoms with van der Waals surface area (Å²) >= 11 is 0. The quantitative estimate of drug-likeness (QED) is 0.699. The molecule has 2 fully saturated rings. The first kappa shape index (κ1) is 12.3. The van der Waals surface area contributed by atoms with Crippen LogP contribution in [0.2, 0.25) is 0 Å². The van der Waals surface area contributed by atoms with E-state index in [0.29, 0.717) is 0 Å². The van der Waals surface area contributed by atoms with Gasteiger partial charge in [0.2, 0.25) is 11.8 Å². The number of rotatable bonds is 3. The van der Waals surface area contributed by atoms with Crippen LogP contribution in [0.4, 0.5) is 0 Å². The van der Waals surface area contributed by atoms with Crippen molar-refractivity contribution in [2.45, 2.75) is 45.4 Å². The number of ketones is 1. The fourth-order valence-corrected chi connectivity index (χ4v) is 2.72. The monoisotopic (exact) mass is 237 g/mol. The van der Waals surface area contributed by atoms with E-state index in [0.717, 1.165) is 30.6 Å². The summed E-state index contributed by atoms with van der Waals surface area (Å²) in [6.45, 7) is 1.75. The number of hydrogen-bond donors (Lipinski definition) is 0. The van der Waals surface area contributed by atoms with E-state index in [1.807, 2.05) is 0 Å². The van der Waals surface area contributed by atoms with Crippen molar-refractivity contribution in [2.24, 2.45) is 11.8 Å². The Balaban J connectivity index is 1.94. The van der Waals surface area contributed by atoms with Crippen molar-refractivity contribution in [3.8, 4) is 0 Å². The van der Waals surface area contributed by atoms with Crippen molar-refractivity contribution in [3.63, 3.8) is 0 Å². The van der Waals surface area contributed by atoms with E-state index >= 15 is 0 Å². The maximum absolute atomic E-state index is 12.0. The summed E-state index contributed by atoms with van der Waals surface area (Å²) in [5, 5.41) is 0. The molecule has 94 valence electrons. The van der Waals surface area contributed by atoms with Gasteiger partial charge in [-0.1, -0.05) is 26.2 Å². The van der Waals surface area contributed by atoms with Gasteiger partial charge in [-0.15, -0.1) is 0 Å². The second kappa shape index (κ2) is 4.98. The average Bonchev–Trinajstić information content (AvgIpc) is 2.57. The molecule has 0 bridgehead atoms. The Kier molecular flexibility index (Phi) is 3.60. The highest BCUT2D eigenvalue weighted by atomic mass is 16.2. The molecule has 0 spiro atoms. The first-order valence-corrected chi connectivity index (χ1v) is 6.46. The summed E-state index contributed by atoms with van der Waals surface area (Å²) < 4.78 is 0. The molecule has 0 aromatic rings. The van der Waals surface area contributed by atoms with E-state index in [1.54, 1.807) is 6.92 Å². The summed E-state index contributed by atoms with van der Waals surface area (Å²) in [6.07, 6.45) is 5.48. The fraction of sp³-hybridized carbons (Fsp3) is 0.769. The van der Waals surface area contributed by atoms with Gasteiger partial charge < -0.3 is 0 Å². The fourth-order valence-electron chi connectivity index (χ4n) is 2.72. The van der Waals surface area contributed by atoms with Crippen molar-refractivity contribution < 1.29 is 14.4 Å². The highest BCUT2D eigenvalue weighted by Gasteiger charge is 2.37. The molecule has 4 nitrogen and oxygen atoms in total. The molecule has 1 saturated carbocycles. The maximum atomic E-state index is 12.0. The molecule has 2 rings (SSSR count). The van der Waals surface area contributed by atoms with E-state index in [9.17, 15) is 14.4 Å². The Bertz CT molecular complexity index is 345. The largest absolute Gasteiger partial charge is 0.297 e.